The van der Waals surface area contributed by atoms with Gasteiger partial charge in [-0.1, -0.05) is 12.2 Å². The summed E-state index contributed by atoms with van der Waals surface area (Å²) in [7, 11) is 0. The summed E-state index contributed by atoms with van der Waals surface area (Å²) in [5.74, 6) is 0.698. The SMILES string of the molecule is O=C1CCCN1[C@@H]1CC[C@@]2(O)CC=C[C@@H]1C2. The van der Waals surface area contributed by atoms with Gasteiger partial charge in [-0.3, -0.25) is 4.79 Å². The second-order valence-corrected chi connectivity index (χ2v) is 5.52. The third-order valence-corrected chi connectivity index (χ3v) is 4.41. The van der Waals surface area contributed by atoms with E-state index >= 15 is 0 Å². The molecule has 1 saturated heterocycles. The van der Waals surface area contributed by atoms with Crippen molar-refractivity contribution in [1.82, 2.24) is 4.90 Å². The zero-order valence-electron chi connectivity index (χ0n) is 9.56. The normalized spacial score (nSPS) is 42.8. The average molecular weight is 221 g/mol. The van der Waals surface area contributed by atoms with Crippen molar-refractivity contribution >= 4 is 5.91 Å². The van der Waals surface area contributed by atoms with E-state index < -0.39 is 5.60 Å². The highest BCUT2D eigenvalue weighted by molar-refractivity contribution is 5.78. The molecular weight excluding hydrogens is 202 g/mol. The molecule has 0 aromatic carbocycles. The molecule has 16 heavy (non-hydrogen) atoms. The molecule has 0 aromatic heterocycles. The summed E-state index contributed by atoms with van der Waals surface area (Å²) in [6.07, 6.45) is 9.50. The Morgan fingerprint density at radius 1 is 1.50 bits per heavy atom. The lowest BCUT2D eigenvalue weighted by molar-refractivity contribution is -0.133. The van der Waals surface area contributed by atoms with Crippen LogP contribution in [0.1, 0.15) is 38.5 Å². The van der Waals surface area contributed by atoms with Gasteiger partial charge in [0.2, 0.25) is 5.91 Å². The molecule has 1 N–H and O–H groups in total. The first-order chi connectivity index (χ1) is 7.68. The van der Waals surface area contributed by atoms with Gasteiger partial charge in [-0.15, -0.1) is 0 Å². The van der Waals surface area contributed by atoms with Gasteiger partial charge in [-0.25, -0.2) is 0 Å². The average Bonchev–Trinajstić information content (AvgIpc) is 2.65. The Balaban J connectivity index is 1.80. The molecule has 0 radical (unpaired) electrons. The van der Waals surface area contributed by atoms with E-state index in [2.05, 4.69) is 17.1 Å². The second-order valence-electron chi connectivity index (χ2n) is 5.52. The minimum Gasteiger partial charge on any atom is -0.390 e. The first-order valence-electron chi connectivity index (χ1n) is 6.36. The molecule has 2 bridgehead atoms. The largest absolute Gasteiger partial charge is 0.390 e. The molecule has 1 heterocycles. The van der Waals surface area contributed by atoms with E-state index in [-0.39, 0.29) is 0 Å². The molecule has 3 nitrogen and oxygen atoms in total. The predicted molar refractivity (Wildman–Crippen MR) is 60.8 cm³/mol. The van der Waals surface area contributed by atoms with E-state index in [4.69, 9.17) is 0 Å². The van der Waals surface area contributed by atoms with E-state index in [0.29, 0.717) is 17.9 Å². The molecule has 0 aromatic rings. The molecule has 2 aliphatic carbocycles. The number of amides is 1. The van der Waals surface area contributed by atoms with Crippen LogP contribution < -0.4 is 0 Å². The summed E-state index contributed by atoms with van der Waals surface area (Å²) in [6, 6.07) is 0.354. The van der Waals surface area contributed by atoms with Crippen LogP contribution >= 0.6 is 0 Å². The van der Waals surface area contributed by atoms with E-state index in [1.165, 1.54) is 0 Å². The molecule has 1 saturated carbocycles. The summed E-state index contributed by atoms with van der Waals surface area (Å²) in [5, 5.41) is 10.3. The van der Waals surface area contributed by atoms with Crippen LogP contribution in [0.25, 0.3) is 0 Å². The minimum absolute atomic E-state index is 0.314. The Labute approximate surface area is 96.1 Å². The molecular formula is C13H19NO2. The molecule has 3 rings (SSSR count). The first-order valence-corrected chi connectivity index (χ1v) is 6.36. The Morgan fingerprint density at radius 3 is 3.12 bits per heavy atom. The Kier molecular flexibility index (Phi) is 2.32. The Bertz CT molecular complexity index is 339. The van der Waals surface area contributed by atoms with Gasteiger partial charge in [-0.05, 0) is 38.0 Å². The van der Waals surface area contributed by atoms with Gasteiger partial charge < -0.3 is 10.0 Å². The zero-order chi connectivity index (χ0) is 11.2. The lowest BCUT2D eigenvalue weighted by atomic mass is 9.70. The lowest BCUT2D eigenvalue weighted by Gasteiger charge is -2.45. The fraction of sp³-hybridized carbons (Fsp3) is 0.769. The molecule has 88 valence electrons. The summed E-state index contributed by atoms with van der Waals surface area (Å²) in [5.41, 5.74) is -0.474. The molecule has 1 aliphatic heterocycles. The number of aliphatic hydroxyl groups is 1. The van der Waals surface area contributed by atoms with Gasteiger partial charge in [0.25, 0.3) is 0 Å². The van der Waals surface area contributed by atoms with Crippen molar-refractivity contribution in [3.8, 4) is 0 Å². The topological polar surface area (TPSA) is 40.5 Å². The van der Waals surface area contributed by atoms with Gasteiger partial charge in [0.1, 0.15) is 0 Å². The highest BCUT2D eigenvalue weighted by Gasteiger charge is 2.43. The number of rotatable bonds is 1. The third-order valence-electron chi connectivity index (χ3n) is 4.41. The van der Waals surface area contributed by atoms with Gasteiger partial charge in [-0.2, -0.15) is 0 Å². The Morgan fingerprint density at radius 2 is 2.38 bits per heavy atom. The summed E-state index contributed by atoms with van der Waals surface area (Å²) >= 11 is 0. The van der Waals surface area contributed by atoms with Crippen molar-refractivity contribution < 1.29 is 9.90 Å². The van der Waals surface area contributed by atoms with Crippen molar-refractivity contribution in [2.75, 3.05) is 6.54 Å². The van der Waals surface area contributed by atoms with E-state index in [1.807, 2.05) is 0 Å². The maximum atomic E-state index is 11.8. The van der Waals surface area contributed by atoms with Crippen molar-refractivity contribution in [2.45, 2.75) is 50.2 Å². The molecule has 3 atom stereocenters. The van der Waals surface area contributed by atoms with Crippen molar-refractivity contribution in [3.63, 3.8) is 0 Å². The Hall–Kier alpha value is -0.830. The smallest absolute Gasteiger partial charge is 0.222 e. The summed E-state index contributed by atoms with van der Waals surface area (Å²) in [6.45, 7) is 0.923. The van der Waals surface area contributed by atoms with Crippen LogP contribution in [-0.2, 0) is 4.79 Å². The second kappa shape index (κ2) is 3.59. The maximum absolute atomic E-state index is 11.8. The highest BCUT2D eigenvalue weighted by Crippen LogP contribution is 2.42. The molecule has 2 fully saturated rings. The number of fused-ring (bicyclic) bond motifs is 2. The molecule has 0 spiro atoms. The molecule has 3 aliphatic rings. The lowest BCUT2D eigenvalue weighted by Crippen LogP contribution is -2.50. The number of carbonyl (C=O) groups is 1. The maximum Gasteiger partial charge on any atom is 0.222 e. The van der Waals surface area contributed by atoms with Crippen LogP contribution in [0.4, 0.5) is 0 Å². The number of hydrogen-bond donors (Lipinski definition) is 1. The van der Waals surface area contributed by atoms with Crippen LogP contribution in [0.15, 0.2) is 12.2 Å². The molecule has 0 unspecified atom stereocenters. The first kappa shape index (κ1) is 10.3. The van der Waals surface area contributed by atoms with Crippen LogP contribution in [-0.4, -0.2) is 34.1 Å². The predicted octanol–water partition coefficient (Wildman–Crippen LogP) is 1.47. The zero-order valence-corrected chi connectivity index (χ0v) is 9.56. The van der Waals surface area contributed by atoms with Crippen molar-refractivity contribution in [2.24, 2.45) is 5.92 Å². The monoisotopic (exact) mass is 221 g/mol. The number of hydrogen-bond acceptors (Lipinski definition) is 2. The number of carbonyl (C=O) groups excluding carboxylic acids is 1. The fourth-order valence-electron chi connectivity index (χ4n) is 3.56. The number of likely N-dealkylation sites (tertiary alicyclic amines) is 1. The van der Waals surface area contributed by atoms with E-state index in [1.54, 1.807) is 0 Å². The quantitative estimate of drug-likeness (QED) is 0.681. The van der Waals surface area contributed by atoms with Crippen LogP contribution in [0.5, 0.6) is 0 Å². The van der Waals surface area contributed by atoms with Crippen molar-refractivity contribution in [1.29, 1.82) is 0 Å². The van der Waals surface area contributed by atoms with Crippen LogP contribution in [0, 0.1) is 5.92 Å². The van der Waals surface area contributed by atoms with Gasteiger partial charge in [0, 0.05) is 19.0 Å². The fourth-order valence-corrected chi connectivity index (χ4v) is 3.56. The standard InChI is InChI=1S/C13H19NO2/c15-12-4-2-8-14(12)11-5-7-13(16)6-1-3-10(11)9-13/h1,3,10-11,16H,2,4-9H2/t10-,11-,13+/m1/s1. The minimum atomic E-state index is -0.474. The summed E-state index contributed by atoms with van der Waals surface area (Å²) < 4.78 is 0. The van der Waals surface area contributed by atoms with Gasteiger partial charge in [0.15, 0.2) is 0 Å². The molecule has 1 amide bonds. The summed E-state index contributed by atoms with van der Waals surface area (Å²) in [4.78, 5) is 13.8. The van der Waals surface area contributed by atoms with E-state index in [0.717, 1.165) is 45.1 Å². The third kappa shape index (κ3) is 1.58. The van der Waals surface area contributed by atoms with Crippen LogP contribution in [0.2, 0.25) is 0 Å². The number of nitrogens with zero attached hydrogens (tertiary/aromatic N) is 1. The highest BCUT2D eigenvalue weighted by atomic mass is 16.3. The van der Waals surface area contributed by atoms with Gasteiger partial charge in [0.05, 0.1) is 5.60 Å². The van der Waals surface area contributed by atoms with Gasteiger partial charge >= 0.3 is 0 Å². The van der Waals surface area contributed by atoms with Crippen molar-refractivity contribution in [3.05, 3.63) is 12.2 Å². The molecule has 3 heteroatoms. The van der Waals surface area contributed by atoms with Crippen LogP contribution in [0.3, 0.4) is 0 Å². The van der Waals surface area contributed by atoms with E-state index in [9.17, 15) is 9.90 Å².